The van der Waals surface area contributed by atoms with Gasteiger partial charge < -0.3 is 15.4 Å². The van der Waals surface area contributed by atoms with E-state index in [4.69, 9.17) is 4.74 Å². The van der Waals surface area contributed by atoms with E-state index in [9.17, 15) is 22.8 Å². The number of carbonyl (C=O) groups excluding carboxylic acids is 3. The molecule has 1 aliphatic rings. The second kappa shape index (κ2) is 13.2. The number of aromatic nitrogens is 1. The Labute approximate surface area is 231 Å². The lowest BCUT2D eigenvalue weighted by molar-refractivity contribution is -0.146. The van der Waals surface area contributed by atoms with Crippen LogP contribution in [0.15, 0.2) is 36.5 Å². The summed E-state index contributed by atoms with van der Waals surface area (Å²) in [5.74, 6) is -0.855. The van der Waals surface area contributed by atoms with Gasteiger partial charge >= 0.3 is 5.97 Å². The van der Waals surface area contributed by atoms with Crippen LogP contribution in [0.1, 0.15) is 72.1 Å². The van der Waals surface area contributed by atoms with E-state index in [0.29, 0.717) is 36.2 Å². The molecule has 0 bridgehead atoms. The molecule has 1 heterocycles. The molecular formula is C29H39N3O6S. The van der Waals surface area contributed by atoms with Crippen LogP contribution in [0, 0.1) is 19.3 Å². The van der Waals surface area contributed by atoms with Crippen LogP contribution in [0.4, 0.5) is 5.69 Å². The Morgan fingerprint density at radius 2 is 1.72 bits per heavy atom. The largest absolute Gasteiger partial charge is 0.467 e. The summed E-state index contributed by atoms with van der Waals surface area (Å²) in [5, 5.41) is 5.81. The van der Waals surface area contributed by atoms with E-state index in [-0.39, 0.29) is 24.0 Å². The van der Waals surface area contributed by atoms with Gasteiger partial charge in [-0.1, -0.05) is 31.4 Å². The average molecular weight is 558 g/mol. The molecule has 39 heavy (non-hydrogen) atoms. The number of ether oxygens (including phenoxy) is 1. The van der Waals surface area contributed by atoms with Crippen molar-refractivity contribution in [3.05, 3.63) is 58.9 Å². The van der Waals surface area contributed by atoms with E-state index in [1.54, 1.807) is 43.5 Å². The van der Waals surface area contributed by atoms with Crippen LogP contribution in [0.5, 0.6) is 0 Å². The zero-order valence-corrected chi connectivity index (χ0v) is 24.0. The van der Waals surface area contributed by atoms with Gasteiger partial charge in [-0.25, -0.2) is 13.2 Å². The molecule has 2 aromatic rings. The molecule has 9 nitrogen and oxygen atoms in total. The highest BCUT2D eigenvalue weighted by Gasteiger charge is 2.42. The number of sulfone groups is 1. The van der Waals surface area contributed by atoms with Crippen molar-refractivity contribution in [3.8, 4) is 0 Å². The third kappa shape index (κ3) is 8.36. The minimum Gasteiger partial charge on any atom is -0.467 e. The summed E-state index contributed by atoms with van der Waals surface area (Å²) in [7, 11) is -1.75. The lowest BCUT2D eigenvalue weighted by atomic mass is 9.80. The first kappa shape index (κ1) is 30.3. The number of aryl methyl sites for hydroxylation is 2. The lowest BCUT2D eigenvalue weighted by Crippen LogP contribution is -2.49. The molecule has 0 unspecified atom stereocenters. The number of nitrogens with zero attached hydrogens (tertiary/aromatic N) is 1. The predicted molar refractivity (Wildman–Crippen MR) is 150 cm³/mol. The Balaban J connectivity index is 1.66. The van der Waals surface area contributed by atoms with Crippen LogP contribution >= 0.6 is 0 Å². The zero-order valence-electron chi connectivity index (χ0n) is 23.2. The summed E-state index contributed by atoms with van der Waals surface area (Å²) >= 11 is 0. The highest BCUT2D eigenvalue weighted by molar-refractivity contribution is 7.90. The van der Waals surface area contributed by atoms with Gasteiger partial charge in [0.15, 0.2) is 0 Å². The molecular weight excluding hydrogens is 518 g/mol. The van der Waals surface area contributed by atoms with Crippen molar-refractivity contribution in [2.24, 2.45) is 5.41 Å². The van der Waals surface area contributed by atoms with Crippen LogP contribution in [-0.4, -0.2) is 56.3 Å². The van der Waals surface area contributed by atoms with Gasteiger partial charge in [0.1, 0.15) is 15.9 Å². The minimum atomic E-state index is -3.04. The molecule has 3 rings (SSSR count). The summed E-state index contributed by atoms with van der Waals surface area (Å²) in [4.78, 5) is 43.0. The number of amides is 2. The maximum Gasteiger partial charge on any atom is 0.328 e. The van der Waals surface area contributed by atoms with Gasteiger partial charge in [-0.15, -0.1) is 0 Å². The Bertz CT molecular complexity index is 1260. The normalized spacial score (nSPS) is 15.4. The summed E-state index contributed by atoms with van der Waals surface area (Å²) < 4.78 is 27.9. The molecule has 1 aromatic heterocycles. The smallest absolute Gasteiger partial charge is 0.328 e. The minimum absolute atomic E-state index is 0.105. The highest BCUT2D eigenvalue weighted by Crippen LogP contribution is 2.42. The number of unbranched alkanes of at least 4 members (excludes halogenated alkanes) is 1. The number of benzene rings is 1. The Morgan fingerprint density at radius 1 is 1.05 bits per heavy atom. The first-order valence-electron chi connectivity index (χ1n) is 13.3. The van der Waals surface area contributed by atoms with Crippen molar-refractivity contribution in [3.63, 3.8) is 0 Å². The lowest BCUT2D eigenvalue weighted by Gasteiger charge is -2.30. The molecule has 1 aliphatic carbocycles. The van der Waals surface area contributed by atoms with Crippen molar-refractivity contribution in [1.29, 1.82) is 0 Å². The average Bonchev–Trinajstić information content (AvgIpc) is 3.36. The van der Waals surface area contributed by atoms with Crippen LogP contribution in [0.3, 0.4) is 0 Å². The van der Waals surface area contributed by atoms with E-state index in [1.807, 2.05) is 6.92 Å². The van der Waals surface area contributed by atoms with Crippen molar-refractivity contribution in [2.45, 2.75) is 71.3 Å². The van der Waals surface area contributed by atoms with E-state index in [0.717, 1.165) is 36.8 Å². The molecule has 0 radical (unpaired) electrons. The van der Waals surface area contributed by atoms with Crippen molar-refractivity contribution in [2.75, 3.05) is 24.4 Å². The predicted octanol–water partition coefficient (Wildman–Crippen LogP) is 3.93. The van der Waals surface area contributed by atoms with Crippen molar-refractivity contribution >= 4 is 33.3 Å². The summed E-state index contributed by atoms with van der Waals surface area (Å²) in [6.07, 6.45) is 8.14. The number of esters is 1. The molecule has 0 aliphatic heterocycles. The molecule has 0 saturated heterocycles. The van der Waals surface area contributed by atoms with E-state index >= 15 is 0 Å². The third-order valence-electron chi connectivity index (χ3n) is 7.48. The van der Waals surface area contributed by atoms with E-state index in [1.165, 1.54) is 13.4 Å². The summed E-state index contributed by atoms with van der Waals surface area (Å²) in [5.41, 5.74) is 2.82. The Hall–Kier alpha value is -3.27. The number of hydrogen-bond donors (Lipinski definition) is 2. The van der Waals surface area contributed by atoms with Gasteiger partial charge in [-0.3, -0.25) is 14.6 Å². The zero-order chi connectivity index (χ0) is 28.6. The number of rotatable bonds is 12. The maximum atomic E-state index is 13.5. The maximum absolute atomic E-state index is 13.5. The van der Waals surface area contributed by atoms with Crippen molar-refractivity contribution < 1.29 is 27.5 Å². The first-order chi connectivity index (χ1) is 18.4. The number of hydrogen-bond acceptors (Lipinski definition) is 7. The monoisotopic (exact) mass is 557 g/mol. The standard InChI is InChI=1S/C29H39N3O6S/c1-20-13-17-30-21(2)25(20)26(33)31-23-11-9-22(10-12-23)19-24(27(34)38-3)32-28(35)29(14-5-6-15-29)16-7-8-18-39(4,36)37/h9-13,17,24H,5-8,14-16,18-19H2,1-4H3,(H,31,33)(H,32,35)/t24-/m0/s1. The van der Waals surface area contributed by atoms with Gasteiger partial charge in [-0.05, 0) is 68.9 Å². The van der Waals surface area contributed by atoms with Gasteiger partial charge in [0.05, 0.1) is 18.4 Å². The number of methoxy groups -OCH3 is 1. The summed E-state index contributed by atoms with van der Waals surface area (Å²) in [6, 6.07) is 8.04. The molecule has 2 N–H and O–H groups in total. The second-order valence-electron chi connectivity index (χ2n) is 10.6. The summed E-state index contributed by atoms with van der Waals surface area (Å²) in [6.45, 7) is 3.65. The van der Waals surface area contributed by atoms with E-state index in [2.05, 4.69) is 15.6 Å². The van der Waals surface area contributed by atoms with Crippen LogP contribution < -0.4 is 10.6 Å². The van der Waals surface area contributed by atoms with E-state index < -0.39 is 27.3 Å². The number of nitrogens with one attached hydrogen (secondary N) is 2. The number of carbonyl (C=O) groups is 3. The van der Waals surface area contributed by atoms with Gasteiger partial charge in [0.2, 0.25) is 5.91 Å². The Morgan fingerprint density at radius 3 is 2.31 bits per heavy atom. The molecule has 0 spiro atoms. The van der Waals surface area contributed by atoms with Gasteiger partial charge in [0, 0.05) is 35.7 Å². The Kier molecular flexibility index (Phi) is 10.2. The van der Waals surface area contributed by atoms with Crippen LogP contribution in [-0.2, 0) is 30.6 Å². The molecule has 1 saturated carbocycles. The SMILES string of the molecule is COC(=O)[C@H](Cc1ccc(NC(=O)c2c(C)ccnc2C)cc1)NC(=O)C1(CCCCS(C)(=O)=O)CCCC1. The van der Waals surface area contributed by atoms with Gasteiger partial charge in [0.25, 0.3) is 5.91 Å². The molecule has 1 atom stereocenters. The second-order valence-corrected chi connectivity index (χ2v) is 12.8. The van der Waals surface area contributed by atoms with Crippen LogP contribution in [0.2, 0.25) is 0 Å². The molecule has 2 amide bonds. The quantitative estimate of drug-likeness (QED) is 0.299. The van der Waals surface area contributed by atoms with Crippen LogP contribution in [0.25, 0.3) is 0 Å². The number of anilines is 1. The topological polar surface area (TPSA) is 132 Å². The van der Waals surface area contributed by atoms with Gasteiger partial charge in [-0.2, -0.15) is 0 Å². The molecule has 10 heteroatoms. The fraction of sp³-hybridized carbons (Fsp3) is 0.517. The van der Waals surface area contributed by atoms with Crippen molar-refractivity contribution in [1.82, 2.24) is 10.3 Å². The third-order valence-corrected chi connectivity index (χ3v) is 8.51. The fourth-order valence-electron chi connectivity index (χ4n) is 5.31. The number of pyridine rings is 1. The highest BCUT2D eigenvalue weighted by atomic mass is 32.2. The first-order valence-corrected chi connectivity index (χ1v) is 15.4. The molecule has 1 fully saturated rings. The molecule has 212 valence electrons. The molecule has 1 aromatic carbocycles. The fourth-order valence-corrected chi connectivity index (χ4v) is 6.04.